The SMILES string of the molecule is CS(=O)(=O)Nc1cc(C(=O)N2CCC(C(=O)O)C2)ccc1F. The molecule has 1 amide bonds. The average molecular weight is 330 g/mol. The summed E-state index contributed by atoms with van der Waals surface area (Å²) in [4.78, 5) is 24.5. The zero-order valence-electron chi connectivity index (χ0n) is 11.7. The fraction of sp³-hybridized carbons (Fsp3) is 0.385. The first kappa shape index (κ1) is 16.2. The van der Waals surface area contributed by atoms with Crippen LogP contribution in [0.5, 0.6) is 0 Å². The molecule has 0 saturated carbocycles. The van der Waals surface area contributed by atoms with Gasteiger partial charge >= 0.3 is 5.97 Å². The molecule has 1 aliphatic rings. The molecule has 2 N–H and O–H groups in total. The zero-order valence-corrected chi connectivity index (χ0v) is 12.6. The molecule has 1 heterocycles. The third-order valence-electron chi connectivity index (χ3n) is 3.33. The van der Waals surface area contributed by atoms with Crippen molar-refractivity contribution in [3.63, 3.8) is 0 Å². The first-order chi connectivity index (χ1) is 10.2. The van der Waals surface area contributed by atoms with Crippen LogP contribution in [0, 0.1) is 11.7 Å². The standard InChI is InChI=1S/C13H15FN2O5S/c1-22(20,21)15-11-6-8(2-3-10(11)14)12(17)16-5-4-9(7-16)13(18)19/h2-3,6,9,15H,4-5,7H2,1H3,(H,18,19). The minimum atomic E-state index is -3.67. The van der Waals surface area contributed by atoms with Crippen LogP contribution in [0.2, 0.25) is 0 Å². The van der Waals surface area contributed by atoms with Crippen molar-refractivity contribution in [2.75, 3.05) is 24.1 Å². The van der Waals surface area contributed by atoms with E-state index in [-0.39, 0.29) is 17.8 Å². The number of nitrogens with zero attached hydrogens (tertiary/aromatic N) is 1. The third kappa shape index (κ3) is 3.73. The van der Waals surface area contributed by atoms with E-state index in [2.05, 4.69) is 0 Å². The van der Waals surface area contributed by atoms with Gasteiger partial charge in [0.15, 0.2) is 0 Å². The van der Waals surface area contributed by atoms with Crippen molar-refractivity contribution in [2.45, 2.75) is 6.42 Å². The van der Waals surface area contributed by atoms with Crippen LogP contribution >= 0.6 is 0 Å². The minimum Gasteiger partial charge on any atom is -0.481 e. The largest absolute Gasteiger partial charge is 0.481 e. The maximum atomic E-state index is 13.6. The molecule has 1 aromatic carbocycles. The van der Waals surface area contributed by atoms with Gasteiger partial charge in [0.05, 0.1) is 17.9 Å². The molecule has 0 bridgehead atoms. The quantitative estimate of drug-likeness (QED) is 0.847. The van der Waals surface area contributed by atoms with E-state index in [0.717, 1.165) is 18.4 Å². The number of nitrogens with one attached hydrogen (secondary N) is 1. The average Bonchev–Trinajstić information content (AvgIpc) is 2.88. The van der Waals surface area contributed by atoms with Crippen molar-refractivity contribution in [2.24, 2.45) is 5.92 Å². The summed E-state index contributed by atoms with van der Waals surface area (Å²) in [7, 11) is -3.67. The lowest BCUT2D eigenvalue weighted by atomic mass is 10.1. The molecule has 1 fully saturated rings. The van der Waals surface area contributed by atoms with Crippen LogP contribution in [0.4, 0.5) is 10.1 Å². The number of rotatable bonds is 4. The van der Waals surface area contributed by atoms with Gasteiger partial charge in [-0.15, -0.1) is 0 Å². The van der Waals surface area contributed by atoms with Gasteiger partial charge in [-0.3, -0.25) is 14.3 Å². The summed E-state index contributed by atoms with van der Waals surface area (Å²) in [6.07, 6.45) is 1.23. The Labute approximate surface area is 126 Å². The second kappa shape index (κ2) is 5.91. The minimum absolute atomic E-state index is 0.0837. The summed E-state index contributed by atoms with van der Waals surface area (Å²) >= 11 is 0. The van der Waals surface area contributed by atoms with Crippen molar-refractivity contribution in [3.05, 3.63) is 29.6 Å². The van der Waals surface area contributed by atoms with Gasteiger partial charge < -0.3 is 10.0 Å². The maximum Gasteiger partial charge on any atom is 0.308 e. The summed E-state index contributed by atoms with van der Waals surface area (Å²) in [6.45, 7) is 0.377. The number of sulfonamides is 1. The molecular weight excluding hydrogens is 315 g/mol. The highest BCUT2D eigenvalue weighted by atomic mass is 32.2. The molecule has 0 spiro atoms. The summed E-state index contributed by atoms with van der Waals surface area (Å²) in [5.74, 6) is -2.83. The lowest BCUT2D eigenvalue weighted by Crippen LogP contribution is -2.30. The highest BCUT2D eigenvalue weighted by Gasteiger charge is 2.31. The molecule has 9 heteroatoms. The molecular formula is C13H15FN2O5S. The number of carboxylic acid groups (broad SMARTS) is 1. The monoisotopic (exact) mass is 330 g/mol. The van der Waals surface area contributed by atoms with Crippen LogP contribution in [0.1, 0.15) is 16.8 Å². The molecule has 7 nitrogen and oxygen atoms in total. The fourth-order valence-electron chi connectivity index (χ4n) is 2.27. The second-order valence-corrected chi connectivity index (χ2v) is 6.89. The summed E-state index contributed by atoms with van der Waals surface area (Å²) in [6, 6.07) is 3.33. The van der Waals surface area contributed by atoms with Crippen molar-refractivity contribution in [1.29, 1.82) is 0 Å². The van der Waals surface area contributed by atoms with Crippen LogP contribution in [0.15, 0.2) is 18.2 Å². The Balaban J connectivity index is 2.21. The van der Waals surface area contributed by atoms with Gasteiger partial charge in [0.2, 0.25) is 10.0 Å². The summed E-state index contributed by atoms with van der Waals surface area (Å²) in [5, 5.41) is 8.93. The van der Waals surface area contributed by atoms with E-state index in [1.165, 1.54) is 11.0 Å². The topological polar surface area (TPSA) is 104 Å². The predicted molar refractivity (Wildman–Crippen MR) is 76.5 cm³/mol. The van der Waals surface area contributed by atoms with E-state index in [0.29, 0.717) is 13.0 Å². The van der Waals surface area contributed by atoms with E-state index in [4.69, 9.17) is 5.11 Å². The molecule has 1 saturated heterocycles. The van der Waals surface area contributed by atoms with Crippen LogP contribution in [0.3, 0.4) is 0 Å². The van der Waals surface area contributed by atoms with Crippen LogP contribution < -0.4 is 4.72 Å². The lowest BCUT2D eigenvalue weighted by Gasteiger charge is -2.16. The Kier molecular flexibility index (Phi) is 4.36. The van der Waals surface area contributed by atoms with Crippen molar-refractivity contribution >= 4 is 27.6 Å². The van der Waals surface area contributed by atoms with Gasteiger partial charge in [-0.05, 0) is 24.6 Å². The number of likely N-dealkylation sites (tertiary alicyclic amines) is 1. The van der Waals surface area contributed by atoms with E-state index in [9.17, 15) is 22.4 Å². The number of carbonyl (C=O) groups excluding carboxylic acids is 1. The Hall–Kier alpha value is -2.16. The molecule has 1 aromatic rings. The molecule has 2 rings (SSSR count). The fourth-order valence-corrected chi connectivity index (χ4v) is 2.82. The normalized spacial score (nSPS) is 18.3. The Morgan fingerprint density at radius 2 is 2.09 bits per heavy atom. The zero-order chi connectivity index (χ0) is 16.5. The van der Waals surface area contributed by atoms with Gasteiger partial charge in [0.1, 0.15) is 5.82 Å². The molecule has 120 valence electrons. The number of aliphatic carboxylic acids is 1. The number of benzene rings is 1. The maximum absolute atomic E-state index is 13.6. The van der Waals surface area contributed by atoms with Crippen LogP contribution in [-0.2, 0) is 14.8 Å². The predicted octanol–water partition coefficient (Wildman–Crippen LogP) is 0.744. The molecule has 1 unspecified atom stereocenters. The van der Waals surface area contributed by atoms with Gasteiger partial charge in [-0.2, -0.15) is 0 Å². The van der Waals surface area contributed by atoms with Crippen molar-refractivity contribution in [1.82, 2.24) is 4.90 Å². The van der Waals surface area contributed by atoms with Gasteiger partial charge in [0, 0.05) is 18.7 Å². The second-order valence-electron chi connectivity index (χ2n) is 5.14. The van der Waals surface area contributed by atoms with Crippen LogP contribution in [-0.4, -0.2) is 49.6 Å². The Bertz CT molecular complexity index is 719. The smallest absolute Gasteiger partial charge is 0.308 e. The van der Waals surface area contributed by atoms with Crippen LogP contribution in [0.25, 0.3) is 0 Å². The number of anilines is 1. The lowest BCUT2D eigenvalue weighted by molar-refractivity contribution is -0.141. The third-order valence-corrected chi connectivity index (χ3v) is 3.92. The Morgan fingerprint density at radius 3 is 2.64 bits per heavy atom. The van der Waals surface area contributed by atoms with Crippen molar-refractivity contribution in [3.8, 4) is 0 Å². The molecule has 0 radical (unpaired) electrons. The van der Waals surface area contributed by atoms with E-state index >= 15 is 0 Å². The highest BCUT2D eigenvalue weighted by Crippen LogP contribution is 2.22. The van der Waals surface area contributed by atoms with E-state index in [1.807, 2.05) is 4.72 Å². The number of halogens is 1. The van der Waals surface area contributed by atoms with E-state index in [1.54, 1.807) is 0 Å². The Morgan fingerprint density at radius 1 is 1.41 bits per heavy atom. The number of hydrogen-bond donors (Lipinski definition) is 2. The van der Waals surface area contributed by atoms with Gasteiger partial charge in [-0.1, -0.05) is 0 Å². The molecule has 22 heavy (non-hydrogen) atoms. The van der Waals surface area contributed by atoms with Crippen molar-refractivity contribution < 1.29 is 27.5 Å². The summed E-state index contributed by atoms with van der Waals surface area (Å²) in [5.41, 5.74) is -0.221. The van der Waals surface area contributed by atoms with Gasteiger partial charge in [-0.25, -0.2) is 12.8 Å². The van der Waals surface area contributed by atoms with E-state index < -0.39 is 33.6 Å². The summed E-state index contributed by atoms with van der Waals surface area (Å²) < 4.78 is 37.9. The number of amides is 1. The molecule has 1 atom stereocenters. The first-order valence-corrected chi connectivity index (χ1v) is 8.36. The number of carbonyl (C=O) groups is 2. The van der Waals surface area contributed by atoms with Gasteiger partial charge in [0.25, 0.3) is 5.91 Å². The first-order valence-electron chi connectivity index (χ1n) is 6.47. The molecule has 0 aliphatic carbocycles. The number of hydrogen-bond acceptors (Lipinski definition) is 4. The number of carboxylic acids is 1. The molecule has 1 aliphatic heterocycles. The molecule has 0 aromatic heterocycles. The highest BCUT2D eigenvalue weighted by molar-refractivity contribution is 7.92.